The molecule has 1 amide bonds. The fraction of sp³-hybridized carbons (Fsp3) is 0.435. The fourth-order valence-corrected chi connectivity index (χ4v) is 3.76. The standard InChI is InChI=1S/C23H26F3N5O/c1-15-12-16(2)31(28-15)14-17-4-6-19(7-5-17)22(32)27-10-3-11-30-20(18-8-9-18)13-21(29-30)23(24,25)26/h4-7,12-13,18H,3,8-11,14H2,1-2H3,(H,27,32). The van der Waals surface area contributed by atoms with Crippen molar-refractivity contribution in [3.63, 3.8) is 0 Å². The second-order valence-electron chi connectivity index (χ2n) is 8.34. The number of benzene rings is 1. The number of carbonyl (C=O) groups excluding carboxylic acids is 1. The van der Waals surface area contributed by atoms with E-state index in [0.29, 0.717) is 37.3 Å². The van der Waals surface area contributed by atoms with E-state index >= 15 is 0 Å². The quantitative estimate of drug-likeness (QED) is 0.521. The predicted octanol–water partition coefficient (Wildman–Crippen LogP) is 4.46. The highest BCUT2D eigenvalue weighted by atomic mass is 19.4. The highest BCUT2D eigenvalue weighted by Crippen LogP contribution is 2.42. The first-order chi connectivity index (χ1) is 15.2. The van der Waals surface area contributed by atoms with Crippen molar-refractivity contribution in [3.8, 4) is 0 Å². The molecule has 1 aliphatic rings. The topological polar surface area (TPSA) is 64.7 Å². The molecule has 0 bridgehead atoms. The van der Waals surface area contributed by atoms with Gasteiger partial charge in [0, 0.05) is 36.0 Å². The number of hydrogen-bond donors (Lipinski definition) is 1. The molecule has 0 radical (unpaired) electrons. The second-order valence-corrected chi connectivity index (χ2v) is 8.34. The summed E-state index contributed by atoms with van der Waals surface area (Å²) in [6, 6.07) is 10.5. The predicted molar refractivity (Wildman–Crippen MR) is 113 cm³/mol. The highest BCUT2D eigenvalue weighted by molar-refractivity contribution is 5.94. The van der Waals surface area contributed by atoms with Crippen LogP contribution in [0.5, 0.6) is 0 Å². The normalized spacial score (nSPS) is 14.0. The first kappa shape index (κ1) is 22.1. The monoisotopic (exact) mass is 445 g/mol. The van der Waals surface area contributed by atoms with E-state index in [2.05, 4.69) is 15.5 Å². The Balaban J connectivity index is 1.28. The molecule has 2 heterocycles. The average molecular weight is 445 g/mol. The van der Waals surface area contributed by atoms with Gasteiger partial charge in [-0.3, -0.25) is 14.2 Å². The Labute approximate surface area is 184 Å². The zero-order valence-electron chi connectivity index (χ0n) is 18.1. The van der Waals surface area contributed by atoms with Crippen LogP contribution in [-0.2, 0) is 19.3 Å². The van der Waals surface area contributed by atoms with Crippen molar-refractivity contribution in [2.75, 3.05) is 6.54 Å². The van der Waals surface area contributed by atoms with E-state index in [0.717, 1.165) is 35.9 Å². The largest absolute Gasteiger partial charge is 0.435 e. The minimum absolute atomic E-state index is 0.168. The van der Waals surface area contributed by atoms with E-state index < -0.39 is 11.9 Å². The van der Waals surface area contributed by atoms with E-state index in [1.165, 1.54) is 4.68 Å². The molecule has 1 aromatic carbocycles. The van der Waals surface area contributed by atoms with Crippen molar-refractivity contribution in [2.24, 2.45) is 0 Å². The van der Waals surface area contributed by atoms with Gasteiger partial charge in [0.1, 0.15) is 0 Å². The van der Waals surface area contributed by atoms with Gasteiger partial charge in [-0.25, -0.2) is 0 Å². The lowest BCUT2D eigenvalue weighted by molar-refractivity contribution is -0.141. The second kappa shape index (κ2) is 8.80. The molecule has 0 spiro atoms. The Morgan fingerprint density at radius 1 is 1.09 bits per heavy atom. The molecule has 3 aromatic rings. The summed E-state index contributed by atoms with van der Waals surface area (Å²) in [7, 11) is 0. The summed E-state index contributed by atoms with van der Waals surface area (Å²) in [5, 5.41) is 11.0. The minimum atomic E-state index is -4.44. The molecule has 1 N–H and O–H groups in total. The summed E-state index contributed by atoms with van der Waals surface area (Å²) in [6.45, 7) is 5.28. The van der Waals surface area contributed by atoms with Crippen LogP contribution in [0.25, 0.3) is 0 Å². The lowest BCUT2D eigenvalue weighted by atomic mass is 10.1. The fourth-order valence-electron chi connectivity index (χ4n) is 3.76. The third-order valence-corrected chi connectivity index (χ3v) is 5.58. The zero-order chi connectivity index (χ0) is 22.9. The van der Waals surface area contributed by atoms with Crippen molar-refractivity contribution in [1.82, 2.24) is 24.9 Å². The number of hydrogen-bond acceptors (Lipinski definition) is 3. The van der Waals surface area contributed by atoms with E-state index in [1.807, 2.05) is 36.7 Å². The summed E-state index contributed by atoms with van der Waals surface area (Å²) in [5.41, 5.74) is 3.42. The number of alkyl halides is 3. The van der Waals surface area contributed by atoms with Crippen LogP contribution in [0.3, 0.4) is 0 Å². The van der Waals surface area contributed by atoms with Gasteiger partial charge in [0.2, 0.25) is 0 Å². The summed E-state index contributed by atoms with van der Waals surface area (Å²) in [5.74, 6) is -0.0392. The Morgan fingerprint density at radius 2 is 1.81 bits per heavy atom. The molecule has 6 nitrogen and oxygen atoms in total. The first-order valence-electron chi connectivity index (χ1n) is 10.7. The van der Waals surface area contributed by atoms with Crippen LogP contribution in [0.2, 0.25) is 0 Å². The third kappa shape index (κ3) is 5.20. The first-order valence-corrected chi connectivity index (χ1v) is 10.7. The van der Waals surface area contributed by atoms with Crippen LogP contribution in [0, 0.1) is 13.8 Å². The molecule has 1 aliphatic carbocycles. The lowest BCUT2D eigenvalue weighted by Crippen LogP contribution is -2.25. The van der Waals surface area contributed by atoms with Crippen LogP contribution in [0.15, 0.2) is 36.4 Å². The van der Waals surface area contributed by atoms with Gasteiger partial charge in [-0.2, -0.15) is 23.4 Å². The van der Waals surface area contributed by atoms with Gasteiger partial charge in [0.05, 0.1) is 12.2 Å². The number of carbonyl (C=O) groups is 1. The van der Waals surface area contributed by atoms with Gasteiger partial charge in [0.25, 0.3) is 5.91 Å². The van der Waals surface area contributed by atoms with Crippen LogP contribution in [-0.4, -0.2) is 32.0 Å². The molecular weight excluding hydrogens is 419 g/mol. The number of halogens is 3. The smallest absolute Gasteiger partial charge is 0.352 e. The van der Waals surface area contributed by atoms with Gasteiger partial charge in [-0.15, -0.1) is 0 Å². The molecule has 0 aliphatic heterocycles. The van der Waals surface area contributed by atoms with Crippen molar-refractivity contribution in [3.05, 3.63) is 70.3 Å². The number of aromatic nitrogens is 4. The molecule has 2 aromatic heterocycles. The Hall–Kier alpha value is -3.10. The van der Waals surface area contributed by atoms with Crippen LogP contribution < -0.4 is 5.32 Å². The average Bonchev–Trinajstić information content (AvgIpc) is 3.40. The van der Waals surface area contributed by atoms with Crippen molar-refractivity contribution in [2.45, 2.75) is 58.3 Å². The van der Waals surface area contributed by atoms with Gasteiger partial charge >= 0.3 is 6.18 Å². The Morgan fingerprint density at radius 3 is 2.41 bits per heavy atom. The highest BCUT2D eigenvalue weighted by Gasteiger charge is 2.37. The molecule has 170 valence electrons. The van der Waals surface area contributed by atoms with Crippen molar-refractivity contribution >= 4 is 5.91 Å². The minimum Gasteiger partial charge on any atom is -0.352 e. The summed E-state index contributed by atoms with van der Waals surface area (Å²) in [4.78, 5) is 12.4. The maximum absolute atomic E-state index is 13.0. The molecule has 0 saturated heterocycles. The molecule has 0 atom stereocenters. The number of nitrogens with zero attached hydrogens (tertiary/aromatic N) is 4. The van der Waals surface area contributed by atoms with E-state index in [1.54, 1.807) is 12.1 Å². The van der Waals surface area contributed by atoms with Crippen molar-refractivity contribution in [1.29, 1.82) is 0 Å². The Kier molecular flexibility index (Phi) is 6.08. The molecule has 4 rings (SSSR count). The molecule has 32 heavy (non-hydrogen) atoms. The van der Waals surface area contributed by atoms with Gasteiger partial charge in [-0.05, 0) is 62.9 Å². The van der Waals surface area contributed by atoms with E-state index in [4.69, 9.17) is 0 Å². The maximum atomic E-state index is 13.0. The van der Waals surface area contributed by atoms with Gasteiger partial charge < -0.3 is 5.32 Å². The van der Waals surface area contributed by atoms with E-state index in [9.17, 15) is 18.0 Å². The number of rotatable bonds is 8. The molecule has 1 saturated carbocycles. The summed E-state index contributed by atoms with van der Waals surface area (Å²) in [6.07, 6.45) is -2.14. The SMILES string of the molecule is Cc1cc(C)n(Cc2ccc(C(=O)NCCCn3nc(C(F)(F)F)cc3C3CC3)cc2)n1. The third-order valence-electron chi connectivity index (χ3n) is 5.58. The number of aryl methyl sites for hydroxylation is 3. The molecule has 9 heteroatoms. The molecule has 1 fully saturated rings. The number of nitrogens with one attached hydrogen (secondary N) is 1. The lowest BCUT2D eigenvalue weighted by Gasteiger charge is -2.09. The summed E-state index contributed by atoms with van der Waals surface area (Å²) < 4.78 is 42.3. The molecule has 0 unspecified atom stereocenters. The van der Waals surface area contributed by atoms with Crippen LogP contribution in [0.1, 0.15) is 63.9 Å². The molecular formula is C23H26F3N5O. The van der Waals surface area contributed by atoms with Gasteiger partial charge in [0.15, 0.2) is 5.69 Å². The zero-order valence-corrected chi connectivity index (χ0v) is 18.1. The van der Waals surface area contributed by atoms with E-state index in [-0.39, 0.29) is 11.8 Å². The Bertz CT molecular complexity index is 1090. The maximum Gasteiger partial charge on any atom is 0.435 e. The number of amides is 1. The summed E-state index contributed by atoms with van der Waals surface area (Å²) >= 11 is 0. The van der Waals surface area contributed by atoms with Gasteiger partial charge in [-0.1, -0.05) is 12.1 Å². The van der Waals surface area contributed by atoms with Crippen molar-refractivity contribution < 1.29 is 18.0 Å². The van der Waals surface area contributed by atoms with Crippen LogP contribution in [0.4, 0.5) is 13.2 Å². The van der Waals surface area contributed by atoms with Crippen LogP contribution >= 0.6 is 0 Å².